The first-order valence-corrected chi connectivity index (χ1v) is 22.8. The molecule has 304 valence electrons. The molecule has 2 heterocycles. The topological polar surface area (TPSA) is 15.3 Å². The minimum atomic E-state index is -0.141. The summed E-state index contributed by atoms with van der Waals surface area (Å²) in [5, 5.41) is 3.97. The van der Waals surface area contributed by atoms with Crippen LogP contribution in [0, 0.1) is 0 Å². The van der Waals surface area contributed by atoms with E-state index < -0.39 is 0 Å². The molecule has 0 saturated heterocycles. The van der Waals surface area contributed by atoms with Crippen LogP contribution in [-0.4, -0.2) is 7.28 Å². The van der Waals surface area contributed by atoms with Crippen molar-refractivity contribution in [2.75, 3.05) is 10.2 Å². The molecule has 0 radical (unpaired) electrons. The Morgan fingerprint density at radius 2 is 1.20 bits per heavy atom. The van der Waals surface area contributed by atoms with Crippen molar-refractivity contribution in [2.24, 2.45) is 0 Å². The summed E-state index contributed by atoms with van der Waals surface area (Å²) < 4.78 is 0. The van der Waals surface area contributed by atoms with Crippen molar-refractivity contribution in [1.29, 1.82) is 0 Å². The zero-order chi connectivity index (χ0) is 42.1. The van der Waals surface area contributed by atoms with E-state index >= 15 is 0 Å². The monoisotopic (exact) mass is 794 g/mol. The first-order chi connectivity index (χ1) is 29.4. The highest BCUT2D eigenvalue weighted by molar-refractivity contribution is 6.73. The zero-order valence-corrected chi connectivity index (χ0v) is 37.3. The van der Waals surface area contributed by atoms with E-state index in [4.69, 9.17) is 0 Å². The van der Waals surface area contributed by atoms with Gasteiger partial charge in [0.05, 0.1) is 5.69 Å². The minimum absolute atomic E-state index is 0.103. The van der Waals surface area contributed by atoms with Crippen molar-refractivity contribution in [3.8, 4) is 33.4 Å². The second kappa shape index (κ2) is 15.0. The largest absolute Gasteiger partial charge is 0.355 e. The van der Waals surface area contributed by atoms with Crippen LogP contribution < -0.4 is 21.1 Å². The number of para-hydroxylation sites is 1. The standard InChI is InChI=1S/C58H59BN2/c1-8-9-12-19-38-32-45(44-35-42(40-22-15-11-16-23-40)28-29-51(44)60-43-25-17-24-41(34-43)39-20-13-10-14-21-39)54-53(33-38)61-52-37-48-47(56(2,3)30-31-57(48,4)5)36-49(52)58(6,7)46-26-18-27-50(59-54)55(46)61/h10-11,13-18,20-29,32-37,59-60H,8-9,12,19,30-31H2,1-7H3. The Labute approximate surface area is 365 Å². The molecule has 3 heteroatoms. The van der Waals surface area contributed by atoms with Gasteiger partial charge in [0, 0.05) is 33.7 Å². The zero-order valence-electron chi connectivity index (χ0n) is 37.3. The Balaban J connectivity index is 1.22. The van der Waals surface area contributed by atoms with Crippen LogP contribution in [0.15, 0.2) is 146 Å². The third-order valence-corrected chi connectivity index (χ3v) is 14.5. The maximum Gasteiger partial charge on any atom is 0.198 e. The summed E-state index contributed by atoms with van der Waals surface area (Å²) >= 11 is 0. The molecule has 0 unspecified atom stereocenters. The summed E-state index contributed by atoms with van der Waals surface area (Å²) in [6, 6.07) is 55.0. The van der Waals surface area contributed by atoms with Crippen LogP contribution in [-0.2, 0) is 22.7 Å². The number of fused-ring (bicyclic) bond motifs is 5. The van der Waals surface area contributed by atoms with Gasteiger partial charge in [0.1, 0.15) is 0 Å². The first kappa shape index (κ1) is 39.3. The van der Waals surface area contributed by atoms with Gasteiger partial charge in [0.25, 0.3) is 0 Å². The molecule has 0 bridgehead atoms. The average molecular weight is 795 g/mol. The Morgan fingerprint density at radius 3 is 1.90 bits per heavy atom. The van der Waals surface area contributed by atoms with Crippen molar-refractivity contribution in [3.63, 3.8) is 0 Å². The van der Waals surface area contributed by atoms with Gasteiger partial charge in [-0.1, -0.05) is 176 Å². The molecule has 2 nitrogen and oxygen atoms in total. The highest BCUT2D eigenvalue weighted by Gasteiger charge is 2.45. The summed E-state index contributed by atoms with van der Waals surface area (Å²) in [5.41, 5.74) is 24.0. The average Bonchev–Trinajstić information content (AvgIpc) is 3.27. The number of benzene rings is 7. The van der Waals surface area contributed by atoms with E-state index in [1.54, 1.807) is 0 Å². The van der Waals surface area contributed by atoms with Gasteiger partial charge in [-0.2, -0.15) is 0 Å². The van der Waals surface area contributed by atoms with Crippen LogP contribution in [0.4, 0.5) is 28.4 Å². The number of aryl methyl sites for hydroxylation is 1. The molecule has 0 saturated carbocycles. The number of nitrogens with zero attached hydrogens (tertiary/aromatic N) is 1. The smallest absolute Gasteiger partial charge is 0.198 e. The highest BCUT2D eigenvalue weighted by atomic mass is 15.2. The molecule has 7 aromatic rings. The SMILES string of the molecule is CCCCCc1cc(-c2cc(-c3ccccc3)ccc2Nc2cccc(-c3ccccc3)c2)c2c(c1)N1c3cc4c(cc3C(C)(C)c3cccc(c31)B2)C(C)(C)CCC4(C)C. The lowest BCUT2D eigenvalue weighted by atomic mass is 9.55. The van der Waals surface area contributed by atoms with Gasteiger partial charge in [-0.15, -0.1) is 0 Å². The quantitative estimate of drug-likeness (QED) is 0.116. The molecule has 10 rings (SSSR count). The van der Waals surface area contributed by atoms with Crippen LogP contribution in [0.1, 0.15) is 108 Å². The molecule has 0 fully saturated rings. The molecule has 0 spiro atoms. The van der Waals surface area contributed by atoms with Crippen LogP contribution >= 0.6 is 0 Å². The second-order valence-electron chi connectivity index (χ2n) is 19.9. The van der Waals surface area contributed by atoms with Crippen molar-refractivity contribution < 1.29 is 0 Å². The third kappa shape index (κ3) is 6.82. The lowest BCUT2D eigenvalue weighted by Crippen LogP contribution is -2.46. The van der Waals surface area contributed by atoms with Crippen molar-refractivity contribution in [2.45, 2.75) is 103 Å². The van der Waals surface area contributed by atoms with E-state index in [9.17, 15) is 0 Å². The maximum atomic E-state index is 3.97. The van der Waals surface area contributed by atoms with E-state index in [1.807, 2.05) is 0 Å². The van der Waals surface area contributed by atoms with E-state index in [2.05, 4.69) is 204 Å². The van der Waals surface area contributed by atoms with Gasteiger partial charge in [0.2, 0.25) is 0 Å². The fourth-order valence-corrected chi connectivity index (χ4v) is 10.8. The normalized spacial score (nSPS) is 16.1. The molecule has 3 aliphatic rings. The fraction of sp³-hybridized carbons (Fsp3) is 0.276. The molecular formula is C58H59BN2. The Hall–Kier alpha value is -5.80. The maximum absolute atomic E-state index is 3.97. The Bertz CT molecular complexity index is 2790. The van der Waals surface area contributed by atoms with Gasteiger partial charge in [-0.25, -0.2) is 0 Å². The predicted octanol–water partition coefficient (Wildman–Crippen LogP) is 14.3. The van der Waals surface area contributed by atoms with Crippen LogP contribution in [0.3, 0.4) is 0 Å². The third-order valence-electron chi connectivity index (χ3n) is 14.5. The van der Waals surface area contributed by atoms with E-state index in [-0.39, 0.29) is 16.2 Å². The lowest BCUT2D eigenvalue weighted by Gasteiger charge is -2.49. The van der Waals surface area contributed by atoms with E-state index in [0.717, 1.165) is 25.1 Å². The minimum Gasteiger partial charge on any atom is -0.355 e. The number of anilines is 5. The lowest BCUT2D eigenvalue weighted by molar-refractivity contribution is 0.331. The summed E-state index contributed by atoms with van der Waals surface area (Å²) in [6.07, 6.45) is 7.07. The number of hydrogen-bond acceptors (Lipinski definition) is 2. The summed E-state index contributed by atoms with van der Waals surface area (Å²) in [7, 11) is 0.882. The summed E-state index contributed by atoms with van der Waals surface area (Å²) in [6.45, 7) is 17.1. The highest BCUT2D eigenvalue weighted by Crippen LogP contribution is 2.56. The van der Waals surface area contributed by atoms with Crippen LogP contribution in [0.2, 0.25) is 0 Å². The predicted molar refractivity (Wildman–Crippen MR) is 264 cm³/mol. The second-order valence-corrected chi connectivity index (χ2v) is 19.9. The van der Waals surface area contributed by atoms with Gasteiger partial charge in [-0.3, -0.25) is 0 Å². The molecule has 0 aromatic heterocycles. The van der Waals surface area contributed by atoms with Crippen molar-refractivity contribution in [3.05, 3.63) is 173 Å². The Morgan fingerprint density at radius 1 is 0.541 bits per heavy atom. The summed E-state index contributed by atoms with van der Waals surface area (Å²) in [5.74, 6) is 0. The molecular weight excluding hydrogens is 735 g/mol. The first-order valence-electron chi connectivity index (χ1n) is 22.8. The van der Waals surface area contributed by atoms with Crippen molar-refractivity contribution >= 4 is 46.6 Å². The number of unbranched alkanes of at least 4 members (excludes halogenated alkanes) is 2. The van der Waals surface area contributed by atoms with Crippen molar-refractivity contribution in [1.82, 2.24) is 0 Å². The molecule has 1 aliphatic carbocycles. The van der Waals surface area contributed by atoms with Gasteiger partial charge >= 0.3 is 0 Å². The summed E-state index contributed by atoms with van der Waals surface area (Å²) in [4.78, 5) is 2.71. The molecule has 0 amide bonds. The van der Waals surface area contributed by atoms with Gasteiger partial charge < -0.3 is 10.2 Å². The molecule has 1 N–H and O–H groups in total. The molecule has 0 atom stereocenters. The number of nitrogens with one attached hydrogen (secondary N) is 1. The molecule has 61 heavy (non-hydrogen) atoms. The Kier molecular flexibility index (Phi) is 9.66. The molecule has 7 aromatic carbocycles. The van der Waals surface area contributed by atoms with E-state index in [0.29, 0.717) is 0 Å². The number of rotatable bonds is 9. The van der Waals surface area contributed by atoms with Crippen LogP contribution in [0.25, 0.3) is 33.4 Å². The van der Waals surface area contributed by atoms with Gasteiger partial charge in [-0.05, 0) is 134 Å². The number of hydrogen-bond donors (Lipinski definition) is 1. The van der Waals surface area contributed by atoms with E-state index in [1.165, 1.54) is 121 Å². The molecule has 2 aliphatic heterocycles. The van der Waals surface area contributed by atoms with Gasteiger partial charge in [0.15, 0.2) is 7.28 Å². The van der Waals surface area contributed by atoms with Crippen LogP contribution in [0.5, 0.6) is 0 Å². The fourth-order valence-electron chi connectivity index (χ4n) is 10.8.